The molecule has 0 saturated heterocycles. The number of anilines is 2. The molecule has 0 aliphatic rings. The minimum absolute atomic E-state index is 0.142. The van der Waals surface area contributed by atoms with E-state index in [0.29, 0.717) is 37.0 Å². The number of amides is 1. The number of aromatic nitrogens is 1. The molecule has 1 heterocycles. The van der Waals surface area contributed by atoms with E-state index in [-0.39, 0.29) is 5.91 Å². The Balaban J connectivity index is 2.49. The zero-order valence-corrected chi connectivity index (χ0v) is 12.5. The third-order valence-corrected chi connectivity index (χ3v) is 2.93. The van der Waals surface area contributed by atoms with Crippen molar-refractivity contribution in [2.24, 2.45) is 0 Å². The van der Waals surface area contributed by atoms with E-state index in [1.165, 1.54) is 0 Å². The summed E-state index contributed by atoms with van der Waals surface area (Å²) < 4.78 is 5.33. The van der Waals surface area contributed by atoms with Gasteiger partial charge in [-0.25, -0.2) is 0 Å². The van der Waals surface area contributed by atoms with E-state index in [9.17, 15) is 4.79 Å². The Morgan fingerprint density at radius 3 is 2.65 bits per heavy atom. The zero-order valence-electron chi connectivity index (χ0n) is 12.5. The van der Waals surface area contributed by atoms with Crippen LogP contribution in [0.25, 0.3) is 0 Å². The maximum atomic E-state index is 11.8. The molecule has 1 amide bonds. The molecule has 0 spiro atoms. The molecule has 0 bridgehead atoms. The largest absolute Gasteiger partial charge is 0.476 e. The zero-order chi connectivity index (χ0) is 15.0. The van der Waals surface area contributed by atoms with Crippen molar-refractivity contribution in [3.8, 4) is 5.88 Å². The van der Waals surface area contributed by atoms with Gasteiger partial charge in [0.05, 0.1) is 12.3 Å². The van der Waals surface area contributed by atoms with Gasteiger partial charge in [-0.2, -0.15) is 4.98 Å². The number of nitrogens with two attached hydrogens (primary N) is 1. The molecule has 0 aliphatic heterocycles. The van der Waals surface area contributed by atoms with Crippen LogP contribution in [-0.4, -0.2) is 42.0 Å². The van der Waals surface area contributed by atoms with Gasteiger partial charge in [0.15, 0.2) is 0 Å². The number of pyridine rings is 1. The van der Waals surface area contributed by atoms with E-state index < -0.39 is 0 Å². The smallest absolute Gasteiger partial charge is 0.239 e. The fourth-order valence-electron chi connectivity index (χ4n) is 1.83. The van der Waals surface area contributed by atoms with Crippen LogP contribution in [0.4, 0.5) is 11.5 Å². The van der Waals surface area contributed by atoms with Gasteiger partial charge in [0, 0.05) is 26.1 Å². The van der Waals surface area contributed by atoms with Crippen LogP contribution in [0.5, 0.6) is 5.88 Å². The summed E-state index contributed by atoms with van der Waals surface area (Å²) in [4.78, 5) is 17.9. The molecule has 1 rings (SSSR count). The highest BCUT2D eigenvalue weighted by Gasteiger charge is 2.09. The highest BCUT2D eigenvalue weighted by atomic mass is 16.5. The summed E-state index contributed by atoms with van der Waals surface area (Å²) in [6.45, 7) is 8.37. The number of carbonyl (C=O) groups excluding carboxylic acids is 1. The summed E-state index contributed by atoms with van der Waals surface area (Å²) in [7, 11) is 0. The van der Waals surface area contributed by atoms with Crippen molar-refractivity contribution in [1.29, 1.82) is 0 Å². The average Bonchev–Trinajstić information content (AvgIpc) is 2.44. The van der Waals surface area contributed by atoms with Gasteiger partial charge in [-0.15, -0.1) is 0 Å². The first-order valence-corrected chi connectivity index (χ1v) is 7.03. The molecule has 20 heavy (non-hydrogen) atoms. The number of nitrogen functional groups attached to an aromatic ring is 1. The lowest BCUT2D eigenvalue weighted by molar-refractivity contribution is -0.130. The Bertz CT molecular complexity index is 433. The topological polar surface area (TPSA) is 80.5 Å². The highest BCUT2D eigenvalue weighted by Crippen LogP contribution is 2.20. The molecule has 0 saturated carbocycles. The van der Waals surface area contributed by atoms with Crippen LogP contribution in [-0.2, 0) is 4.79 Å². The summed E-state index contributed by atoms with van der Waals surface area (Å²) in [6, 6.07) is 3.52. The van der Waals surface area contributed by atoms with Crippen molar-refractivity contribution in [2.75, 3.05) is 37.3 Å². The molecule has 0 aliphatic carbocycles. The molecule has 1 aromatic heterocycles. The Morgan fingerprint density at radius 1 is 1.35 bits per heavy atom. The number of ether oxygens (including phenoxy) is 1. The van der Waals surface area contributed by atoms with Gasteiger partial charge in [-0.3, -0.25) is 4.79 Å². The van der Waals surface area contributed by atoms with Gasteiger partial charge in [0.1, 0.15) is 5.82 Å². The van der Waals surface area contributed by atoms with E-state index in [1.807, 2.05) is 25.7 Å². The quantitative estimate of drug-likeness (QED) is 0.758. The number of carbonyl (C=O) groups is 1. The maximum Gasteiger partial charge on any atom is 0.239 e. The van der Waals surface area contributed by atoms with Crippen LogP contribution >= 0.6 is 0 Å². The van der Waals surface area contributed by atoms with Crippen LogP contribution in [0.3, 0.4) is 0 Å². The van der Waals surface area contributed by atoms with Crippen molar-refractivity contribution in [2.45, 2.75) is 27.2 Å². The molecule has 6 nitrogen and oxygen atoms in total. The van der Waals surface area contributed by atoms with E-state index in [0.717, 1.165) is 13.1 Å². The minimum atomic E-state index is 0.142. The fourth-order valence-corrected chi connectivity index (χ4v) is 1.83. The SMILES string of the molecule is CCOc1nc(NCCC(=O)N(CC)CC)ccc1N. The van der Waals surface area contributed by atoms with Gasteiger partial charge in [-0.1, -0.05) is 0 Å². The summed E-state index contributed by atoms with van der Waals surface area (Å²) in [5.74, 6) is 1.23. The summed E-state index contributed by atoms with van der Waals surface area (Å²) in [5.41, 5.74) is 6.26. The molecule has 0 atom stereocenters. The van der Waals surface area contributed by atoms with Crippen molar-refractivity contribution in [3.05, 3.63) is 12.1 Å². The molecule has 112 valence electrons. The number of nitrogens with one attached hydrogen (secondary N) is 1. The normalized spacial score (nSPS) is 10.2. The van der Waals surface area contributed by atoms with E-state index in [2.05, 4.69) is 10.3 Å². The minimum Gasteiger partial charge on any atom is -0.476 e. The molecular weight excluding hydrogens is 256 g/mol. The second-order valence-electron chi connectivity index (χ2n) is 4.27. The average molecular weight is 280 g/mol. The third-order valence-electron chi connectivity index (χ3n) is 2.93. The number of hydrogen-bond donors (Lipinski definition) is 2. The van der Waals surface area contributed by atoms with Crippen molar-refractivity contribution >= 4 is 17.4 Å². The molecular formula is C14H24N4O2. The van der Waals surface area contributed by atoms with Crippen LogP contribution in [0.15, 0.2) is 12.1 Å². The van der Waals surface area contributed by atoms with Crippen LogP contribution < -0.4 is 15.8 Å². The predicted molar refractivity (Wildman–Crippen MR) is 80.9 cm³/mol. The lowest BCUT2D eigenvalue weighted by Crippen LogP contribution is -2.31. The first kappa shape index (κ1) is 16.1. The molecule has 0 unspecified atom stereocenters. The van der Waals surface area contributed by atoms with Crippen molar-refractivity contribution < 1.29 is 9.53 Å². The number of hydrogen-bond acceptors (Lipinski definition) is 5. The first-order chi connectivity index (χ1) is 9.62. The summed E-state index contributed by atoms with van der Waals surface area (Å²) in [6.07, 6.45) is 0.442. The van der Waals surface area contributed by atoms with E-state index in [1.54, 1.807) is 12.1 Å². The molecule has 3 N–H and O–H groups in total. The second kappa shape index (κ2) is 8.24. The summed E-state index contributed by atoms with van der Waals surface area (Å²) >= 11 is 0. The predicted octanol–water partition coefficient (Wildman–Crippen LogP) is 1.73. The monoisotopic (exact) mass is 280 g/mol. The molecule has 0 radical (unpaired) electrons. The number of rotatable bonds is 8. The number of nitrogens with zero attached hydrogens (tertiary/aromatic N) is 2. The molecule has 0 fully saturated rings. The standard InChI is InChI=1S/C14H24N4O2/c1-4-18(5-2)13(19)9-10-16-12-8-7-11(15)14(17-12)20-6-3/h7-8H,4-6,9-10,15H2,1-3H3,(H,16,17). The van der Waals surface area contributed by atoms with Crippen LogP contribution in [0.2, 0.25) is 0 Å². The highest BCUT2D eigenvalue weighted by molar-refractivity contribution is 5.76. The van der Waals surface area contributed by atoms with Crippen molar-refractivity contribution in [3.63, 3.8) is 0 Å². The molecule has 6 heteroatoms. The third kappa shape index (κ3) is 4.60. The Hall–Kier alpha value is -1.98. The molecule has 0 aromatic carbocycles. The lowest BCUT2D eigenvalue weighted by Gasteiger charge is -2.18. The lowest BCUT2D eigenvalue weighted by atomic mass is 10.3. The summed E-state index contributed by atoms with van der Waals surface area (Å²) in [5, 5.41) is 3.11. The maximum absolute atomic E-state index is 11.8. The first-order valence-electron chi connectivity index (χ1n) is 7.03. The van der Waals surface area contributed by atoms with Gasteiger partial charge in [0.2, 0.25) is 11.8 Å². The van der Waals surface area contributed by atoms with Crippen LogP contribution in [0, 0.1) is 0 Å². The van der Waals surface area contributed by atoms with E-state index in [4.69, 9.17) is 10.5 Å². The Morgan fingerprint density at radius 2 is 2.05 bits per heavy atom. The van der Waals surface area contributed by atoms with Gasteiger partial charge < -0.3 is 20.7 Å². The van der Waals surface area contributed by atoms with Gasteiger partial charge in [-0.05, 0) is 32.9 Å². The van der Waals surface area contributed by atoms with Crippen molar-refractivity contribution in [1.82, 2.24) is 9.88 Å². The van der Waals surface area contributed by atoms with Crippen LogP contribution in [0.1, 0.15) is 27.2 Å². The molecule has 1 aromatic rings. The van der Waals surface area contributed by atoms with E-state index >= 15 is 0 Å². The second-order valence-corrected chi connectivity index (χ2v) is 4.27. The fraction of sp³-hybridized carbons (Fsp3) is 0.571. The van der Waals surface area contributed by atoms with Gasteiger partial charge in [0.25, 0.3) is 0 Å². The van der Waals surface area contributed by atoms with Gasteiger partial charge >= 0.3 is 0 Å². The Kier molecular flexibility index (Phi) is 6.63. The Labute approximate surface area is 120 Å².